The van der Waals surface area contributed by atoms with Crippen LogP contribution < -0.4 is 14.8 Å². The Morgan fingerprint density at radius 2 is 1.79 bits per heavy atom. The van der Waals surface area contributed by atoms with Crippen LogP contribution in [0.2, 0.25) is 0 Å². The van der Waals surface area contributed by atoms with Gasteiger partial charge in [0.05, 0.1) is 33.2 Å². The Labute approximate surface area is 169 Å². The van der Waals surface area contributed by atoms with Gasteiger partial charge >= 0.3 is 11.9 Å². The molecule has 1 atom stereocenters. The van der Waals surface area contributed by atoms with Crippen LogP contribution in [0, 0.1) is 11.8 Å². The molecule has 8 nitrogen and oxygen atoms in total. The Kier molecular flexibility index (Phi) is 6.30. The lowest BCUT2D eigenvalue weighted by Gasteiger charge is -2.38. The van der Waals surface area contributed by atoms with E-state index in [0.717, 1.165) is 5.56 Å². The summed E-state index contributed by atoms with van der Waals surface area (Å²) in [4.78, 5) is 37.3. The van der Waals surface area contributed by atoms with Gasteiger partial charge in [0.1, 0.15) is 12.1 Å². The number of para-hydroxylation sites is 1. The van der Waals surface area contributed by atoms with Crippen LogP contribution in [0.4, 0.5) is 0 Å². The molecule has 0 bridgehead atoms. The highest BCUT2D eigenvalue weighted by molar-refractivity contribution is 5.89. The summed E-state index contributed by atoms with van der Waals surface area (Å²) < 4.78 is 20.9. The number of methoxy groups -OCH3 is 3. The first-order chi connectivity index (χ1) is 13.9. The highest BCUT2D eigenvalue weighted by Crippen LogP contribution is 2.37. The van der Waals surface area contributed by atoms with E-state index < -0.39 is 17.4 Å². The van der Waals surface area contributed by atoms with Crippen LogP contribution >= 0.6 is 0 Å². The van der Waals surface area contributed by atoms with Crippen molar-refractivity contribution in [3.05, 3.63) is 23.8 Å². The van der Waals surface area contributed by atoms with Crippen molar-refractivity contribution in [3.63, 3.8) is 0 Å². The second-order valence-electron chi connectivity index (χ2n) is 7.52. The van der Waals surface area contributed by atoms with Gasteiger partial charge in [-0.15, -0.1) is 0 Å². The first kappa shape index (κ1) is 21.0. The van der Waals surface area contributed by atoms with Crippen molar-refractivity contribution in [3.8, 4) is 11.5 Å². The number of fused-ring (bicyclic) bond motifs is 1. The summed E-state index contributed by atoms with van der Waals surface area (Å²) in [5.74, 6) is -0.468. The Morgan fingerprint density at radius 1 is 1.07 bits per heavy atom. The average Bonchev–Trinajstić information content (AvgIpc) is 2.77. The lowest BCUT2D eigenvalue weighted by atomic mass is 9.76. The van der Waals surface area contributed by atoms with E-state index in [4.69, 9.17) is 18.9 Å². The molecule has 3 rings (SSSR count). The number of ether oxygens (including phenoxy) is 4. The molecule has 1 aliphatic heterocycles. The Balaban J connectivity index is 1.71. The minimum atomic E-state index is -1.13. The maximum Gasteiger partial charge on any atom is 0.331 e. The van der Waals surface area contributed by atoms with Crippen molar-refractivity contribution < 1.29 is 33.3 Å². The van der Waals surface area contributed by atoms with Crippen molar-refractivity contribution in [1.29, 1.82) is 0 Å². The lowest BCUT2D eigenvalue weighted by molar-refractivity contribution is -0.157. The van der Waals surface area contributed by atoms with Crippen LogP contribution in [0.5, 0.6) is 11.5 Å². The normalized spacial score (nSPS) is 25.8. The Bertz CT molecular complexity index is 783. The van der Waals surface area contributed by atoms with E-state index in [-0.39, 0.29) is 24.4 Å². The summed E-state index contributed by atoms with van der Waals surface area (Å²) in [5.41, 5.74) is -0.248. The molecule has 1 aliphatic carbocycles. The van der Waals surface area contributed by atoms with Crippen LogP contribution in [0.25, 0.3) is 0 Å². The molecule has 8 heteroatoms. The van der Waals surface area contributed by atoms with E-state index in [2.05, 4.69) is 5.32 Å². The van der Waals surface area contributed by atoms with Crippen molar-refractivity contribution >= 4 is 17.8 Å². The summed E-state index contributed by atoms with van der Waals surface area (Å²) in [7, 11) is 4.22. The maximum atomic E-state index is 13.0. The molecule has 1 aromatic rings. The molecule has 29 heavy (non-hydrogen) atoms. The van der Waals surface area contributed by atoms with Gasteiger partial charge in [-0.05, 0) is 43.7 Å². The molecular formula is C21H27NO7. The number of benzene rings is 1. The van der Waals surface area contributed by atoms with Gasteiger partial charge in [-0.25, -0.2) is 4.79 Å². The molecule has 0 aromatic heterocycles. The van der Waals surface area contributed by atoms with Crippen molar-refractivity contribution in [2.75, 3.05) is 27.9 Å². The van der Waals surface area contributed by atoms with E-state index in [1.807, 2.05) is 18.2 Å². The predicted octanol–water partition coefficient (Wildman–Crippen LogP) is 1.64. The zero-order valence-corrected chi connectivity index (χ0v) is 17.0. The highest BCUT2D eigenvalue weighted by Gasteiger charge is 2.46. The number of hydrogen-bond acceptors (Lipinski definition) is 7. The summed E-state index contributed by atoms with van der Waals surface area (Å²) >= 11 is 0. The third-order valence-electron chi connectivity index (χ3n) is 5.86. The number of hydrogen-bond donors (Lipinski definition) is 1. The molecule has 1 amide bonds. The fourth-order valence-electron chi connectivity index (χ4n) is 4.15. The van der Waals surface area contributed by atoms with Crippen LogP contribution in [0.3, 0.4) is 0 Å². The first-order valence-electron chi connectivity index (χ1n) is 9.71. The van der Waals surface area contributed by atoms with Crippen molar-refractivity contribution in [2.45, 2.75) is 37.6 Å². The fourth-order valence-corrected chi connectivity index (χ4v) is 4.15. The zero-order chi connectivity index (χ0) is 21.0. The van der Waals surface area contributed by atoms with Gasteiger partial charge in [0, 0.05) is 0 Å². The average molecular weight is 405 g/mol. The van der Waals surface area contributed by atoms with Crippen molar-refractivity contribution in [2.24, 2.45) is 11.8 Å². The molecule has 1 aromatic carbocycles. The van der Waals surface area contributed by atoms with E-state index in [9.17, 15) is 14.4 Å². The van der Waals surface area contributed by atoms with Gasteiger partial charge in [-0.1, -0.05) is 12.1 Å². The van der Waals surface area contributed by atoms with Gasteiger partial charge in [-0.2, -0.15) is 0 Å². The second kappa shape index (κ2) is 8.71. The fraction of sp³-hybridized carbons (Fsp3) is 0.571. The SMILES string of the molecule is COC(=O)C1CCC(NC(=O)[C@H]2COc3c(cccc3OC)C2)(C(=O)OC)CC1. The first-order valence-corrected chi connectivity index (χ1v) is 9.71. The molecule has 0 spiro atoms. The lowest BCUT2D eigenvalue weighted by Crippen LogP contribution is -2.59. The molecular weight excluding hydrogens is 378 g/mol. The molecule has 2 aliphatic rings. The predicted molar refractivity (Wildman–Crippen MR) is 103 cm³/mol. The monoisotopic (exact) mass is 405 g/mol. The van der Waals surface area contributed by atoms with Crippen LogP contribution in [-0.4, -0.2) is 51.3 Å². The minimum Gasteiger partial charge on any atom is -0.493 e. The quantitative estimate of drug-likeness (QED) is 0.743. The number of amides is 1. The molecule has 1 heterocycles. The largest absolute Gasteiger partial charge is 0.493 e. The maximum absolute atomic E-state index is 13.0. The molecule has 158 valence electrons. The summed E-state index contributed by atoms with van der Waals surface area (Å²) in [6.07, 6.45) is 2.03. The number of carbonyl (C=O) groups excluding carboxylic acids is 3. The third kappa shape index (κ3) is 4.16. The molecule has 1 saturated carbocycles. The number of carbonyl (C=O) groups is 3. The van der Waals surface area contributed by atoms with Gasteiger partial charge < -0.3 is 24.3 Å². The van der Waals surface area contributed by atoms with Crippen LogP contribution in [-0.2, 0) is 30.3 Å². The van der Waals surface area contributed by atoms with Crippen LogP contribution in [0.15, 0.2) is 18.2 Å². The van der Waals surface area contributed by atoms with Crippen molar-refractivity contribution in [1.82, 2.24) is 5.32 Å². The molecule has 1 fully saturated rings. The highest BCUT2D eigenvalue weighted by atomic mass is 16.5. The van der Waals surface area contributed by atoms with Crippen LogP contribution in [0.1, 0.15) is 31.2 Å². The van der Waals surface area contributed by atoms with Gasteiger partial charge in [0.15, 0.2) is 11.5 Å². The molecule has 0 saturated heterocycles. The van der Waals surface area contributed by atoms with Gasteiger partial charge in [-0.3, -0.25) is 9.59 Å². The number of rotatable bonds is 5. The number of esters is 2. The Morgan fingerprint density at radius 3 is 2.41 bits per heavy atom. The van der Waals surface area contributed by atoms with Gasteiger partial charge in [0.25, 0.3) is 0 Å². The third-order valence-corrected chi connectivity index (χ3v) is 5.86. The summed E-state index contributed by atoms with van der Waals surface area (Å²) in [6.45, 7) is 0.196. The standard InChI is InChI=1S/C21H27NO7/c1-26-16-6-4-5-14-11-15(12-29-17(14)16)18(23)22-21(20(25)28-3)9-7-13(8-10-21)19(24)27-2/h4-6,13,15H,7-12H2,1-3H3,(H,22,23)/t13?,15-,21?/m1/s1. The van der Waals surface area contributed by atoms with E-state index in [1.165, 1.54) is 14.2 Å². The second-order valence-corrected chi connectivity index (χ2v) is 7.52. The van der Waals surface area contributed by atoms with Gasteiger partial charge in [0.2, 0.25) is 5.91 Å². The topological polar surface area (TPSA) is 100 Å². The molecule has 0 radical (unpaired) electrons. The number of nitrogens with one attached hydrogen (secondary N) is 1. The smallest absolute Gasteiger partial charge is 0.331 e. The van der Waals surface area contributed by atoms with E-state index >= 15 is 0 Å². The zero-order valence-electron chi connectivity index (χ0n) is 17.0. The molecule has 1 N–H and O–H groups in total. The Hall–Kier alpha value is -2.77. The summed E-state index contributed by atoms with van der Waals surface area (Å²) in [6, 6.07) is 5.56. The van der Waals surface area contributed by atoms with E-state index in [1.54, 1.807) is 7.11 Å². The minimum absolute atomic E-state index is 0.196. The van der Waals surface area contributed by atoms with E-state index in [0.29, 0.717) is 43.6 Å². The summed E-state index contributed by atoms with van der Waals surface area (Å²) in [5, 5.41) is 2.91. The molecule has 0 unspecified atom stereocenters.